The Balaban J connectivity index is 2.63. The number of nitrogens with one attached hydrogen (secondary N) is 1. The Kier molecular flexibility index (Phi) is 3.94. The van der Waals surface area contributed by atoms with Gasteiger partial charge in [-0.25, -0.2) is 4.79 Å². The van der Waals surface area contributed by atoms with Crippen LogP contribution in [0.2, 0.25) is 0 Å². The summed E-state index contributed by atoms with van der Waals surface area (Å²) in [6, 6.07) is 0. The smallest absolute Gasteiger partial charge is 0.331 e. The summed E-state index contributed by atoms with van der Waals surface area (Å²) < 4.78 is 4.74. The Bertz CT molecular complexity index is 290. The predicted molar refractivity (Wildman–Crippen MR) is 60.7 cm³/mol. The van der Waals surface area contributed by atoms with Crippen LogP contribution in [0, 0.1) is 11.8 Å². The van der Waals surface area contributed by atoms with E-state index in [1.807, 2.05) is 13.8 Å². The van der Waals surface area contributed by atoms with Crippen LogP contribution in [0.25, 0.3) is 0 Å². The zero-order valence-electron chi connectivity index (χ0n) is 10.5. The van der Waals surface area contributed by atoms with Gasteiger partial charge in [0.25, 0.3) is 0 Å². The molecule has 1 amide bonds. The first-order valence-corrected chi connectivity index (χ1v) is 5.85. The van der Waals surface area contributed by atoms with E-state index < -0.39 is 5.54 Å². The fourth-order valence-corrected chi connectivity index (χ4v) is 1.99. The molecule has 3 atom stereocenters. The molecule has 0 bridgehead atoms. The highest BCUT2D eigenvalue weighted by atomic mass is 16.5. The lowest BCUT2D eigenvalue weighted by molar-refractivity contribution is -0.150. The molecule has 92 valence electrons. The highest BCUT2D eigenvalue weighted by Crippen LogP contribution is 2.38. The summed E-state index contributed by atoms with van der Waals surface area (Å²) in [6.07, 6.45) is 2.35. The van der Waals surface area contributed by atoms with Crippen molar-refractivity contribution >= 4 is 11.9 Å². The van der Waals surface area contributed by atoms with E-state index >= 15 is 0 Å². The van der Waals surface area contributed by atoms with E-state index in [-0.39, 0.29) is 17.8 Å². The van der Waals surface area contributed by atoms with Crippen LogP contribution in [0.1, 0.15) is 40.0 Å². The normalized spacial score (nSPS) is 26.8. The number of ether oxygens (including phenoxy) is 1. The molecule has 4 heteroatoms. The Labute approximate surface area is 96.7 Å². The molecule has 0 aromatic heterocycles. The third-order valence-electron chi connectivity index (χ3n) is 3.23. The van der Waals surface area contributed by atoms with E-state index in [4.69, 9.17) is 4.74 Å². The van der Waals surface area contributed by atoms with E-state index in [1.54, 1.807) is 6.92 Å². The zero-order chi connectivity index (χ0) is 12.3. The Morgan fingerprint density at radius 1 is 1.50 bits per heavy atom. The number of carbonyl (C=O) groups is 2. The Morgan fingerprint density at radius 2 is 2.06 bits per heavy atom. The van der Waals surface area contributed by atoms with Gasteiger partial charge >= 0.3 is 5.97 Å². The molecule has 16 heavy (non-hydrogen) atoms. The third-order valence-corrected chi connectivity index (χ3v) is 3.23. The van der Waals surface area contributed by atoms with Crippen molar-refractivity contribution in [3.8, 4) is 0 Å². The van der Waals surface area contributed by atoms with Crippen LogP contribution in [-0.4, -0.2) is 24.5 Å². The molecule has 3 unspecified atom stereocenters. The predicted octanol–water partition coefficient (Wildman–Crippen LogP) is 1.49. The molecule has 1 N–H and O–H groups in total. The van der Waals surface area contributed by atoms with Crippen molar-refractivity contribution in [2.75, 3.05) is 7.11 Å². The quantitative estimate of drug-likeness (QED) is 0.724. The van der Waals surface area contributed by atoms with E-state index in [0.717, 1.165) is 12.8 Å². The van der Waals surface area contributed by atoms with Crippen LogP contribution in [0.3, 0.4) is 0 Å². The van der Waals surface area contributed by atoms with Crippen LogP contribution in [0.4, 0.5) is 0 Å². The molecule has 1 aliphatic rings. The largest absolute Gasteiger partial charge is 0.467 e. The lowest BCUT2D eigenvalue weighted by Gasteiger charge is -2.27. The molecule has 0 radical (unpaired) electrons. The minimum Gasteiger partial charge on any atom is -0.467 e. The molecule has 1 fully saturated rings. The summed E-state index contributed by atoms with van der Waals surface area (Å²) in [7, 11) is 1.35. The third kappa shape index (κ3) is 2.74. The second-order valence-electron chi connectivity index (χ2n) is 4.88. The molecule has 0 aromatic carbocycles. The van der Waals surface area contributed by atoms with Gasteiger partial charge in [-0.1, -0.05) is 20.3 Å². The van der Waals surface area contributed by atoms with Gasteiger partial charge in [-0.2, -0.15) is 0 Å². The minimum atomic E-state index is -0.872. The zero-order valence-corrected chi connectivity index (χ0v) is 10.5. The highest BCUT2D eigenvalue weighted by molar-refractivity contribution is 5.89. The van der Waals surface area contributed by atoms with Crippen LogP contribution in [-0.2, 0) is 14.3 Å². The molecule has 0 aliphatic heterocycles. The number of hydrogen-bond donors (Lipinski definition) is 1. The summed E-state index contributed by atoms with van der Waals surface area (Å²) >= 11 is 0. The van der Waals surface area contributed by atoms with Crippen molar-refractivity contribution in [1.82, 2.24) is 5.32 Å². The van der Waals surface area contributed by atoms with Gasteiger partial charge in [-0.3, -0.25) is 4.79 Å². The molecule has 1 aliphatic carbocycles. The lowest BCUT2D eigenvalue weighted by Crippen LogP contribution is -2.53. The second kappa shape index (κ2) is 4.85. The number of carbonyl (C=O) groups excluding carboxylic acids is 2. The summed E-state index contributed by atoms with van der Waals surface area (Å²) in [5.74, 6) is 0.147. The average Bonchev–Trinajstić information content (AvgIpc) is 2.94. The Hall–Kier alpha value is -1.06. The number of esters is 1. The van der Waals surface area contributed by atoms with Gasteiger partial charge < -0.3 is 10.1 Å². The van der Waals surface area contributed by atoms with Gasteiger partial charge in [-0.15, -0.1) is 0 Å². The average molecular weight is 227 g/mol. The first-order chi connectivity index (χ1) is 7.44. The van der Waals surface area contributed by atoms with Crippen LogP contribution in [0.5, 0.6) is 0 Å². The van der Waals surface area contributed by atoms with Gasteiger partial charge in [0.2, 0.25) is 5.91 Å². The van der Waals surface area contributed by atoms with Gasteiger partial charge in [0.1, 0.15) is 5.54 Å². The topological polar surface area (TPSA) is 55.4 Å². The summed E-state index contributed by atoms with van der Waals surface area (Å²) in [4.78, 5) is 23.5. The van der Waals surface area contributed by atoms with Crippen molar-refractivity contribution < 1.29 is 14.3 Å². The van der Waals surface area contributed by atoms with Gasteiger partial charge in [-0.05, 0) is 25.7 Å². The van der Waals surface area contributed by atoms with Crippen LogP contribution < -0.4 is 5.32 Å². The maximum absolute atomic E-state index is 11.8. The molecular formula is C12H21NO3. The van der Waals surface area contributed by atoms with E-state index in [9.17, 15) is 9.59 Å². The number of rotatable bonds is 5. The molecule has 0 aromatic rings. The van der Waals surface area contributed by atoms with Crippen molar-refractivity contribution in [3.63, 3.8) is 0 Å². The molecule has 0 saturated heterocycles. The maximum Gasteiger partial charge on any atom is 0.331 e. The van der Waals surface area contributed by atoms with Crippen LogP contribution in [0.15, 0.2) is 0 Å². The van der Waals surface area contributed by atoms with Gasteiger partial charge in [0.15, 0.2) is 0 Å². The fourth-order valence-electron chi connectivity index (χ4n) is 1.99. The summed E-state index contributed by atoms with van der Waals surface area (Å²) in [6.45, 7) is 5.75. The molecule has 0 heterocycles. The van der Waals surface area contributed by atoms with Crippen molar-refractivity contribution in [2.24, 2.45) is 11.8 Å². The molecule has 4 nitrogen and oxygen atoms in total. The van der Waals surface area contributed by atoms with Crippen molar-refractivity contribution in [3.05, 3.63) is 0 Å². The van der Waals surface area contributed by atoms with Crippen molar-refractivity contribution in [1.29, 1.82) is 0 Å². The summed E-state index contributed by atoms with van der Waals surface area (Å²) in [5.41, 5.74) is -0.872. The number of hydrogen-bond acceptors (Lipinski definition) is 3. The van der Waals surface area contributed by atoms with E-state index in [0.29, 0.717) is 12.3 Å². The number of amides is 1. The first-order valence-electron chi connectivity index (χ1n) is 5.85. The lowest BCUT2D eigenvalue weighted by atomic mass is 9.96. The molecular weight excluding hydrogens is 206 g/mol. The summed E-state index contributed by atoms with van der Waals surface area (Å²) in [5, 5.41) is 2.82. The monoisotopic (exact) mass is 227 g/mol. The van der Waals surface area contributed by atoms with Gasteiger partial charge in [0, 0.05) is 5.92 Å². The fraction of sp³-hybridized carbons (Fsp3) is 0.833. The van der Waals surface area contributed by atoms with Gasteiger partial charge in [0.05, 0.1) is 7.11 Å². The minimum absolute atomic E-state index is 0.0196. The second-order valence-corrected chi connectivity index (χ2v) is 4.88. The maximum atomic E-state index is 11.8. The molecule has 1 rings (SSSR count). The van der Waals surface area contributed by atoms with E-state index in [1.165, 1.54) is 7.11 Å². The standard InChI is InChI=1S/C12H21NO3/c1-5-6-12(3,11(15)16-4)13-10(14)9-7-8(9)2/h8-9H,5-7H2,1-4H3,(H,13,14). The van der Waals surface area contributed by atoms with E-state index in [2.05, 4.69) is 5.32 Å². The molecule has 1 saturated carbocycles. The highest BCUT2D eigenvalue weighted by Gasteiger charge is 2.43. The SMILES string of the molecule is CCCC(C)(NC(=O)C1CC1C)C(=O)OC. The number of methoxy groups -OCH3 is 1. The molecule has 0 spiro atoms. The van der Waals surface area contributed by atoms with Crippen molar-refractivity contribution in [2.45, 2.75) is 45.6 Å². The van der Waals surface area contributed by atoms with Crippen LogP contribution >= 0.6 is 0 Å². The first kappa shape index (κ1) is 13.0. The Morgan fingerprint density at radius 3 is 2.44 bits per heavy atom.